The van der Waals surface area contributed by atoms with Crippen LogP contribution in [0.5, 0.6) is 0 Å². The largest absolute Gasteiger partial charge is 0.481 e. The summed E-state index contributed by atoms with van der Waals surface area (Å²) in [5.41, 5.74) is 0.342. The second-order valence-corrected chi connectivity index (χ2v) is 6.94. The molecule has 0 bridgehead atoms. The molecule has 0 radical (unpaired) electrons. The zero-order valence-corrected chi connectivity index (χ0v) is 12.5. The molecule has 0 aromatic carbocycles. The maximum absolute atomic E-state index is 10.7. The Morgan fingerprint density at radius 1 is 1.53 bits per heavy atom. The van der Waals surface area contributed by atoms with Crippen molar-refractivity contribution < 1.29 is 9.90 Å². The second kappa shape index (κ2) is 5.53. The van der Waals surface area contributed by atoms with Crippen LogP contribution < -0.4 is 0 Å². The molecule has 1 aliphatic carbocycles. The van der Waals surface area contributed by atoms with Gasteiger partial charge >= 0.3 is 5.97 Å². The Morgan fingerprint density at radius 3 is 2.89 bits per heavy atom. The average molecular weight is 283 g/mol. The van der Waals surface area contributed by atoms with Crippen LogP contribution in [0.25, 0.3) is 0 Å². The molecular weight excluding hydrogens is 262 g/mol. The number of hydrogen-bond donors (Lipinski definition) is 1. The lowest BCUT2D eigenvalue weighted by Gasteiger charge is -2.36. The molecule has 1 N–H and O–H groups in total. The van der Waals surface area contributed by atoms with Crippen LogP contribution in [-0.2, 0) is 4.79 Å². The van der Waals surface area contributed by atoms with E-state index < -0.39 is 5.97 Å². The first-order valence-electron chi connectivity index (χ1n) is 6.65. The van der Waals surface area contributed by atoms with Crippen LogP contribution >= 0.6 is 11.8 Å². The minimum atomic E-state index is -0.818. The highest BCUT2D eigenvalue weighted by Crippen LogP contribution is 2.42. The minimum Gasteiger partial charge on any atom is -0.481 e. The lowest BCUT2D eigenvalue weighted by atomic mass is 9.75. The van der Waals surface area contributed by atoms with Gasteiger partial charge in [0.25, 0.3) is 0 Å². The van der Waals surface area contributed by atoms with Gasteiger partial charge in [0.1, 0.15) is 5.82 Å². The van der Waals surface area contributed by atoms with Crippen LogP contribution in [0.4, 0.5) is 0 Å². The van der Waals surface area contributed by atoms with E-state index in [-0.39, 0.29) is 5.75 Å². The van der Waals surface area contributed by atoms with Gasteiger partial charge in [-0.15, -0.1) is 10.2 Å². The predicted molar refractivity (Wildman–Crippen MR) is 74.4 cm³/mol. The summed E-state index contributed by atoms with van der Waals surface area (Å²) in [6.07, 6.45) is 4.69. The number of carboxylic acid groups (broad SMARTS) is 1. The van der Waals surface area contributed by atoms with Gasteiger partial charge in [-0.05, 0) is 31.6 Å². The Bertz CT molecular complexity index is 470. The zero-order valence-electron chi connectivity index (χ0n) is 11.7. The molecule has 0 saturated heterocycles. The highest BCUT2D eigenvalue weighted by atomic mass is 32.2. The second-order valence-electron chi connectivity index (χ2n) is 6.00. The fraction of sp³-hybridized carbons (Fsp3) is 0.769. The number of nitrogens with zero attached hydrogens (tertiary/aromatic N) is 3. The Morgan fingerprint density at radius 2 is 2.26 bits per heavy atom. The number of aliphatic carboxylic acids is 1. The smallest absolute Gasteiger partial charge is 0.313 e. The van der Waals surface area contributed by atoms with Crippen molar-refractivity contribution in [3.8, 4) is 0 Å². The molecule has 1 aliphatic rings. The lowest BCUT2D eigenvalue weighted by Crippen LogP contribution is -2.26. The molecule has 0 amide bonds. The topological polar surface area (TPSA) is 68.0 Å². The van der Waals surface area contributed by atoms with Crippen molar-refractivity contribution in [2.45, 2.75) is 57.7 Å². The fourth-order valence-corrected chi connectivity index (χ4v) is 3.65. The molecule has 1 fully saturated rings. The Hall–Kier alpha value is -1.04. The maximum Gasteiger partial charge on any atom is 0.313 e. The molecule has 1 unspecified atom stereocenters. The predicted octanol–water partition coefficient (Wildman–Crippen LogP) is 2.90. The molecular formula is C13H21N3O2S. The van der Waals surface area contributed by atoms with Gasteiger partial charge in [0, 0.05) is 6.04 Å². The van der Waals surface area contributed by atoms with Gasteiger partial charge in [-0.3, -0.25) is 4.79 Å². The van der Waals surface area contributed by atoms with E-state index in [1.165, 1.54) is 24.6 Å². The quantitative estimate of drug-likeness (QED) is 0.860. The van der Waals surface area contributed by atoms with Gasteiger partial charge in [0.05, 0.1) is 5.75 Å². The number of aromatic nitrogens is 3. The van der Waals surface area contributed by atoms with E-state index in [4.69, 9.17) is 5.11 Å². The fourth-order valence-electron chi connectivity index (χ4n) is 2.87. The van der Waals surface area contributed by atoms with Crippen molar-refractivity contribution >= 4 is 17.7 Å². The highest BCUT2D eigenvalue weighted by molar-refractivity contribution is 7.99. The number of aryl methyl sites for hydroxylation is 1. The van der Waals surface area contributed by atoms with Crippen molar-refractivity contribution in [1.29, 1.82) is 0 Å². The van der Waals surface area contributed by atoms with Gasteiger partial charge in [0.15, 0.2) is 5.16 Å². The van der Waals surface area contributed by atoms with Crippen LogP contribution in [0.3, 0.4) is 0 Å². The molecule has 1 atom stereocenters. The van der Waals surface area contributed by atoms with Crippen LogP contribution in [-0.4, -0.2) is 31.6 Å². The number of rotatable bonds is 4. The number of hydrogen-bond acceptors (Lipinski definition) is 4. The third-order valence-corrected chi connectivity index (χ3v) is 4.63. The summed E-state index contributed by atoms with van der Waals surface area (Å²) in [6, 6.07) is 0.398. The summed E-state index contributed by atoms with van der Waals surface area (Å²) in [5.74, 6) is 0.102. The van der Waals surface area contributed by atoms with E-state index in [2.05, 4.69) is 28.6 Å². The molecule has 2 rings (SSSR count). The van der Waals surface area contributed by atoms with Crippen molar-refractivity contribution in [2.24, 2.45) is 5.41 Å². The van der Waals surface area contributed by atoms with Gasteiger partial charge in [-0.1, -0.05) is 32.0 Å². The Balaban J connectivity index is 2.18. The number of thioether (sulfide) groups is 1. The molecule has 1 heterocycles. The Labute approximate surface area is 117 Å². The molecule has 106 valence electrons. The van der Waals surface area contributed by atoms with Gasteiger partial charge in [0.2, 0.25) is 0 Å². The van der Waals surface area contributed by atoms with Crippen molar-refractivity contribution in [2.75, 3.05) is 5.75 Å². The van der Waals surface area contributed by atoms with Gasteiger partial charge < -0.3 is 9.67 Å². The van der Waals surface area contributed by atoms with Crippen LogP contribution in [0.15, 0.2) is 5.16 Å². The molecule has 6 heteroatoms. The normalized spacial score (nSPS) is 22.4. The Kier molecular flexibility index (Phi) is 4.18. The van der Waals surface area contributed by atoms with Crippen molar-refractivity contribution in [3.63, 3.8) is 0 Å². The number of carboxylic acids is 1. The van der Waals surface area contributed by atoms with E-state index in [0.717, 1.165) is 23.8 Å². The average Bonchev–Trinajstić information content (AvgIpc) is 2.66. The standard InChI is InChI=1S/C13H21N3O2S/c1-9-14-15-12(19-8-11(17)18)16(9)10-5-4-6-13(2,3)7-10/h10H,4-8H2,1-3H3,(H,17,18). The molecule has 0 spiro atoms. The number of carbonyl (C=O) groups is 1. The first-order chi connectivity index (χ1) is 8.89. The van der Waals surface area contributed by atoms with Crippen LogP contribution in [0, 0.1) is 12.3 Å². The van der Waals surface area contributed by atoms with Crippen LogP contribution in [0.1, 0.15) is 51.4 Å². The van der Waals surface area contributed by atoms with E-state index in [1.807, 2.05) is 6.92 Å². The molecule has 1 aromatic rings. The van der Waals surface area contributed by atoms with Crippen molar-refractivity contribution in [1.82, 2.24) is 14.8 Å². The summed E-state index contributed by atoms with van der Waals surface area (Å²) < 4.78 is 2.13. The summed E-state index contributed by atoms with van der Waals surface area (Å²) in [7, 11) is 0. The molecule has 19 heavy (non-hydrogen) atoms. The molecule has 1 aromatic heterocycles. The van der Waals surface area contributed by atoms with E-state index >= 15 is 0 Å². The maximum atomic E-state index is 10.7. The lowest BCUT2D eigenvalue weighted by molar-refractivity contribution is -0.133. The highest BCUT2D eigenvalue weighted by Gasteiger charge is 2.31. The SMILES string of the molecule is Cc1nnc(SCC(=O)O)n1C1CCCC(C)(C)C1. The monoisotopic (exact) mass is 283 g/mol. The van der Waals surface area contributed by atoms with E-state index in [9.17, 15) is 4.79 Å². The first kappa shape index (κ1) is 14.4. The molecule has 0 aliphatic heterocycles. The van der Waals surface area contributed by atoms with Gasteiger partial charge in [-0.2, -0.15) is 0 Å². The zero-order chi connectivity index (χ0) is 14.0. The van der Waals surface area contributed by atoms with E-state index in [0.29, 0.717) is 11.5 Å². The third kappa shape index (κ3) is 3.49. The van der Waals surface area contributed by atoms with E-state index in [1.54, 1.807) is 0 Å². The molecule has 5 nitrogen and oxygen atoms in total. The van der Waals surface area contributed by atoms with Crippen LogP contribution in [0.2, 0.25) is 0 Å². The summed E-state index contributed by atoms with van der Waals surface area (Å²) in [4.78, 5) is 10.7. The van der Waals surface area contributed by atoms with Crippen molar-refractivity contribution in [3.05, 3.63) is 5.82 Å². The minimum absolute atomic E-state index is 0.0360. The first-order valence-corrected chi connectivity index (χ1v) is 7.64. The third-order valence-electron chi connectivity index (χ3n) is 3.70. The summed E-state index contributed by atoms with van der Waals surface area (Å²) in [6.45, 7) is 6.53. The molecule has 1 saturated carbocycles. The summed E-state index contributed by atoms with van der Waals surface area (Å²) >= 11 is 1.26. The summed E-state index contributed by atoms with van der Waals surface area (Å²) in [5, 5.41) is 17.8. The van der Waals surface area contributed by atoms with Gasteiger partial charge in [-0.25, -0.2) is 0 Å².